The number of rotatable bonds is 11. The van der Waals surface area contributed by atoms with Crippen LogP contribution in [0.15, 0.2) is 146 Å². The van der Waals surface area contributed by atoms with Gasteiger partial charge >= 0.3 is 28.5 Å². The molecule has 4 saturated heterocycles. The monoisotopic (exact) mass is 769 g/mol. The molecular weight excluding hydrogens is 728 g/mol. The van der Waals surface area contributed by atoms with E-state index in [4.69, 9.17) is 37.2 Å². The lowest BCUT2D eigenvalue weighted by Crippen LogP contribution is -2.37. The number of quaternary nitrogens is 1. The Hall–Kier alpha value is -4.98. The van der Waals surface area contributed by atoms with Crippen LogP contribution in [0.4, 0.5) is 34.1 Å². The van der Waals surface area contributed by atoms with Crippen molar-refractivity contribution in [1.82, 2.24) is 4.48 Å². The second-order valence-electron chi connectivity index (χ2n) is 14.6. The van der Waals surface area contributed by atoms with Gasteiger partial charge in [0.1, 0.15) is 22.7 Å². The fraction of sp³-hybridized carbons (Fsp3) is 0.182. The van der Waals surface area contributed by atoms with Crippen molar-refractivity contribution in [1.29, 1.82) is 0 Å². The molecule has 0 saturated carbocycles. The Balaban J connectivity index is 1.01. The molecule has 286 valence electrons. The first-order chi connectivity index (χ1) is 28.7. The van der Waals surface area contributed by atoms with Gasteiger partial charge in [-0.25, -0.2) is 0 Å². The standard InChI is InChI=1S/C44H41B4N2O8/c1-13-39(49-40-15-5-35(6-16-40)45-51-25-26-52-45)14-2-33(1)34-3-17-41(18-4-34)50(42-19-7-36(8-20-42)46-53-27-28-54-46,43-21-9-37(10-22-43)47-55-29-30-56-47)44-23-11-38(12-24-44)48-57-31-32-58-48/h1-24,49H,25-32H2/q+1. The number of nitrogens with one attached hydrogen (secondary N) is 1. The van der Waals surface area contributed by atoms with Crippen molar-refractivity contribution in [2.75, 3.05) is 58.2 Å². The summed E-state index contributed by atoms with van der Waals surface area (Å²) >= 11 is 0. The molecule has 0 aliphatic carbocycles. The van der Waals surface area contributed by atoms with E-state index < -0.39 is 0 Å². The molecular formula is C44H41B4N2O8+. The predicted octanol–water partition coefficient (Wildman–Crippen LogP) is 5.37. The van der Waals surface area contributed by atoms with E-state index in [9.17, 15) is 0 Å². The van der Waals surface area contributed by atoms with E-state index in [1.165, 1.54) is 0 Å². The largest absolute Gasteiger partial charge is 0.494 e. The Bertz CT molecular complexity index is 2130. The van der Waals surface area contributed by atoms with Crippen molar-refractivity contribution in [2.45, 2.75) is 0 Å². The summed E-state index contributed by atoms with van der Waals surface area (Å²) in [5.41, 5.74) is 12.4. The minimum Gasteiger partial charge on any atom is -0.405 e. The average molecular weight is 769 g/mol. The average Bonchev–Trinajstić information content (AvgIpc) is 4.15. The van der Waals surface area contributed by atoms with E-state index in [0.29, 0.717) is 57.3 Å². The van der Waals surface area contributed by atoms with Gasteiger partial charge in [0.25, 0.3) is 0 Å². The van der Waals surface area contributed by atoms with Gasteiger partial charge in [-0.05, 0) is 69.4 Å². The zero-order chi connectivity index (χ0) is 38.7. The number of anilines is 2. The minimum absolute atomic E-state index is 0.282. The predicted molar refractivity (Wildman–Crippen MR) is 231 cm³/mol. The van der Waals surface area contributed by atoms with Crippen molar-refractivity contribution in [3.63, 3.8) is 0 Å². The van der Waals surface area contributed by atoms with Crippen LogP contribution in [0, 0.1) is 0 Å². The van der Waals surface area contributed by atoms with Crippen molar-refractivity contribution in [2.24, 2.45) is 0 Å². The zero-order valence-corrected chi connectivity index (χ0v) is 32.0. The molecule has 1 N–H and O–H groups in total. The van der Waals surface area contributed by atoms with E-state index in [2.05, 4.69) is 139 Å². The molecule has 6 aromatic carbocycles. The molecule has 4 heterocycles. The normalized spacial score (nSPS) is 17.1. The van der Waals surface area contributed by atoms with Crippen LogP contribution in [0.25, 0.3) is 11.1 Å². The first kappa shape index (κ1) is 37.3. The molecule has 58 heavy (non-hydrogen) atoms. The van der Waals surface area contributed by atoms with Crippen LogP contribution in [0.5, 0.6) is 0 Å². The summed E-state index contributed by atoms with van der Waals surface area (Å²) in [5.74, 6) is 0. The van der Waals surface area contributed by atoms with E-state index in [0.717, 1.165) is 67.1 Å². The Morgan fingerprint density at radius 3 is 0.810 bits per heavy atom. The Labute approximate surface area is 340 Å². The van der Waals surface area contributed by atoms with E-state index >= 15 is 0 Å². The van der Waals surface area contributed by atoms with Crippen LogP contribution >= 0.6 is 0 Å². The number of nitrogens with zero attached hydrogens (tertiary/aromatic N) is 1. The third kappa shape index (κ3) is 7.44. The third-order valence-electron chi connectivity index (χ3n) is 11.1. The molecule has 0 unspecified atom stereocenters. The maximum absolute atomic E-state index is 5.87. The number of hydrogen-bond acceptors (Lipinski definition) is 9. The lowest BCUT2D eigenvalue weighted by Gasteiger charge is -2.37. The van der Waals surface area contributed by atoms with Crippen LogP contribution in [0.1, 0.15) is 0 Å². The van der Waals surface area contributed by atoms with Gasteiger partial charge in [-0.1, -0.05) is 60.7 Å². The second kappa shape index (κ2) is 16.7. The minimum atomic E-state index is -0.374. The maximum Gasteiger partial charge on any atom is 0.494 e. The van der Waals surface area contributed by atoms with Gasteiger partial charge in [-0.2, -0.15) is 4.48 Å². The Kier molecular flexibility index (Phi) is 10.7. The summed E-state index contributed by atoms with van der Waals surface area (Å²) < 4.78 is 46.8. The molecule has 6 aromatic rings. The van der Waals surface area contributed by atoms with Crippen molar-refractivity contribution in [3.05, 3.63) is 146 Å². The van der Waals surface area contributed by atoms with Crippen LogP contribution in [-0.2, 0) is 37.2 Å². The van der Waals surface area contributed by atoms with Crippen LogP contribution in [0.3, 0.4) is 0 Å². The first-order valence-corrected chi connectivity index (χ1v) is 19.9. The fourth-order valence-electron chi connectivity index (χ4n) is 8.18. The zero-order valence-electron chi connectivity index (χ0n) is 32.0. The molecule has 0 spiro atoms. The highest BCUT2D eigenvalue weighted by atomic mass is 16.6. The molecule has 0 bridgehead atoms. The Morgan fingerprint density at radius 2 is 0.517 bits per heavy atom. The van der Waals surface area contributed by atoms with Gasteiger partial charge in [-0.15, -0.1) is 0 Å². The first-order valence-electron chi connectivity index (χ1n) is 19.9. The molecule has 4 fully saturated rings. The molecule has 0 atom stereocenters. The van der Waals surface area contributed by atoms with E-state index in [-0.39, 0.29) is 28.5 Å². The van der Waals surface area contributed by atoms with Crippen molar-refractivity contribution < 1.29 is 37.2 Å². The van der Waals surface area contributed by atoms with Gasteiger partial charge in [0.15, 0.2) is 0 Å². The van der Waals surface area contributed by atoms with Crippen LogP contribution in [0.2, 0.25) is 0 Å². The fourth-order valence-corrected chi connectivity index (χ4v) is 8.18. The number of benzene rings is 6. The second-order valence-corrected chi connectivity index (χ2v) is 14.6. The molecule has 4 aliphatic heterocycles. The van der Waals surface area contributed by atoms with Crippen LogP contribution < -0.4 is 31.7 Å². The quantitative estimate of drug-likeness (QED) is 0.138. The maximum atomic E-state index is 5.87. The highest BCUT2D eigenvalue weighted by Gasteiger charge is 2.41. The lowest BCUT2D eigenvalue weighted by molar-refractivity contribution is 0.365. The molecule has 0 radical (unpaired) electrons. The highest BCUT2D eigenvalue weighted by Crippen LogP contribution is 2.51. The third-order valence-corrected chi connectivity index (χ3v) is 11.1. The summed E-state index contributed by atoms with van der Waals surface area (Å²) in [4.78, 5) is 0. The number of hydrogen-bond donors (Lipinski definition) is 1. The van der Waals surface area contributed by atoms with Gasteiger partial charge in [0.05, 0.1) is 52.9 Å². The van der Waals surface area contributed by atoms with Gasteiger partial charge in [-0.3, -0.25) is 0 Å². The highest BCUT2D eigenvalue weighted by molar-refractivity contribution is 6.63. The van der Waals surface area contributed by atoms with Gasteiger partial charge < -0.3 is 42.6 Å². The molecule has 0 amide bonds. The summed E-state index contributed by atoms with van der Waals surface area (Å²) in [5, 5.41) is 3.52. The Morgan fingerprint density at radius 1 is 0.293 bits per heavy atom. The molecule has 14 heteroatoms. The summed E-state index contributed by atoms with van der Waals surface area (Å²) in [7, 11) is -1.41. The smallest absolute Gasteiger partial charge is 0.405 e. The van der Waals surface area contributed by atoms with Crippen molar-refractivity contribution in [3.8, 4) is 11.1 Å². The molecule has 10 nitrogen and oxygen atoms in total. The van der Waals surface area contributed by atoms with Crippen LogP contribution in [-0.4, -0.2) is 81.3 Å². The van der Waals surface area contributed by atoms with Crippen molar-refractivity contribution >= 4 is 84.4 Å². The topological polar surface area (TPSA) is 85.9 Å². The lowest BCUT2D eigenvalue weighted by atomic mass is 9.78. The molecule has 4 aliphatic rings. The summed E-state index contributed by atoms with van der Waals surface area (Å²) in [6, 6.07) is 51.3. The van der Waals surface area contributed by atoms with Gasteiger partial charge in [0.2, 0.25) is 0 Å². The summed E-state index contributed by atoms with van der Waals surface area (Å²) in [6.07, 6.45) is 0. The van der Waals surface area contributed by atoms with Gasteiger partial charge in [0, 0.05) is 59.9 Å². The molecule has 0 aromatic heterocycles. The van der Waals surface area contributed by atoms with E-state index in [1.807, 2.05) is 12.1 Å². The SMILES string of the molecule is c1cc(B2OCCO2)ccc1Nc1ccc(-c2ccc([N+](c3ccc(B4OCCO4)cc3)(c3ccc(B4OCCO4)cc3)c3ccc(B4OCCO4)cc3)cc2)cc1. The molecule has 10 rings (SSSR count). The summed E-state index contributed by atoms with van der Waals surface area (Å²) in [6.45, 7) is 4.75. The van der Waals surface area contributed by atoms with E-state index in [1.54, 1.807) is 0 Å².